The molecule has 0 bridgehead atoms. The van der Waals surface area contributed by atoms with E-state index in [9.17, 15) is 24.3 Å². The first kappa shape index (κ1) is 22.8. The molecule has 0 fully saturated rings. The van der Waals surface area contributed by atoms with Crippen LogP contribution < -0.4 is 22.3 Å². The lowest BCUT2D eigenvalue weighted by Crippen LogP contribution is -2.57. The molecule has 0 saturated carbocycles. The fourth-order valence-electron chi connectivity index (χ4n) is 1.72. The second-order valence-electron chi connectivity index (χ2n) is 5.91. The summed E-state index contributed by atoms with van der Waals surface area (Å²) in [5.74, 6) is -4.32. The predicted octanol–water partition coefficient (Wildman–Crippen LogP) is -1.83. The van der Waals surface area contributed by atoms with Gasteiger partial charge in [-0.1, -0.05) is 13.8 Å². The quantitative estimate of drug-likeness (QED) is 0.170. The van der Waals surface area contributed by atoms with Crippen molar-refractivity contribution in [3.05, 3.63) is 0 Å². The topological polar surface area (TPSA) is 194 Å². The molecule has 25 heavy (non-hydrogen) atoms. The summed E-state index contributed by atoms with van der Waals surface area (Å²) < 4.78 is 5.02. The number of carbonyl (C=O) groups excluding carboxylic acids is 2. The molecule has 0 aromatic carbocycles. The number of nitrogens with two attached hydrogens (primary N) is 2. The number of rotatable bonds is 12. The van der Waals surface area contributed by atoms with Gasteiger partial charge in [0.2, 0.25) is 5.91 Å². The molecule has 0 aliphatic carbocycles. The zero-order valence-electron chi connectivity index (χ0n) is 14.4. The van der Waals surface area contributed by atoms with Crippen molar-refractivity contribution in [2.45, 2.75) is 57.8 Å². The summed E-state index contributed by atoms with van der Waals surface area (Å²) in [5, 5.41) is 18.3. The number of carboxylic acid groups (broad SMARTS) is 2. The van der Waals surface area contributed by atoms with Gasteiger partial charge in [0.05, 0.1) is 0 Å². The van der Waals surface area contributed by atoms with Crippen molar-refractivity contribution in [2.75, 3.05) is 0 Å². The van der Waals surface area contributed by atoms with Crippen LogP contribution in [-0.4, -0.2) is 58.3 Å². The molecular weight excluding hydrogens is 336 g/mol. The van der Waals surface area contributed by atoms with E-state index in [1.54, 1.807) is 13.8 Å². The molecule has 144 valence electrons. The normalized spacial score (nSPS) is 15.9. The average Bonchev–Trinajstić information content (AvgIpc) is 2.48. The Bertz CT molecular complexity index is 498. The molecule has 0 aliphatic heterocycles. The van der Waals surface area contributed by atoms with Gasteiger partial charge in [0.1, 0.15) is 18.2 Å². The number of nitrogens with one attached hydrogen (secondary N) is 2. The van der Waals surface area contributed by atoms with Crippen LogP contribution in [0.1, 0.15) is 33.6 Å². The molecule has 8 N–H and O–H groups in total. The number of carboxylic acids is 2. The van der Waals surface area contributed by atoms with E-state index in [-0.39, 0.29) is 18.8 Å². The second kappa shape index (κ2) is 10.6. The van der Waals surface area contributed by atoms with Gasteiger partial charge in [-0.15, -0.1) is 0 Å². The smallest absolute Gasteiger partial charge is 0.325 e. The maximum Gasteiger partial charge on any atom is 0.325 e. The Kier molecular flexibility index (Phi) is 9.64. The van der Waals surface area contributed by atoms with Crippen molar-refractivity contribution in [1.29, 1.82) is 0 Å². The summed E-state index contributed by atoms with van der Waals surface area (Å²) in [6.07, 6.45) is -1.47. The third kappa shape index (κ3) is 8.42. The molecule has 11 heteroatoms. The summed E-state index contributed by atoms with van der Waals surface area (Å²) >= 11 is 0. The van der Waals surface area contributed by atoms with Crippen molar-refractivity contribution < 1.29 is 34.1 Å². The van der Waals surface area contributed by atoms with Crippen LogP contribution in [0.3, 0.4) is 0 Å². The first-order chi connectivity index (χ1) is 11.5. The number of ether oxygens (including phenoxy) is 1. The average molecular weight is 362 g/mol. The Balaban J connectivity index is 4.82. The lowest BCUT2D eigenvalue weighted by atomic mass is 10.1. The molecule has 0 spiro atoms. The van der Waals surface area contributed by atoms with E-state index in [0.29, 0.717) is 0 Å². The summed E-state index contributed by atoms with van der Waals surface area (Å²) in [5.41, 5.74) is 15.2. The van der Waals surface area contributed by atoms with Crippen LogP contribution in [0.4, 0.5) is 0 Å². The van der Waals surface area contributed by atoms with E-state index in [1.165, 1.54) is 6.92 Å². The largest absolute Gasteiger partial charge is 0.480 e. The third-order valence-corrected chi connectivity index (χ3v) is 3.42. The summed E-state index contributed by atoms with van der Waals surface area (Å²) in [6.45, 7) is 4.75. The zero-order chi connectivity index (χ0) is 19.7. The molecule has 11 nitrogen and oxygen atoms in total. The van der Waals surface area contributed by atoms with Gasteiger partial charge in [0.15, 0.2) is 6.04 Å². The standard InChI is InChI=1S/C14H26N4O7/c1-6(2)10(16)14(24)25-7(3)11(13(22)23)18-17-8(12(20)21)4-5-9(15)19/h6-8,10-11,17-18H,4-5,16H2,1-3H3,(H2,15,19)(H,20,21)(H,22,23)/t7-,8+,10+,11+/m1/s1. The maximum atomic E-state index is 11.8. The highest BCUT2D eigenvalue weighted by molar-refractivity contribution is 5.79. The van der Waals surface area contributed by atoms with E-state index in [2.05, 4.69) is 10.9 Å². The number of primary amides is 1. The molecule has 0 rings (SSSR count). The number of carbonyl (C=O) groups is 4. The Hall–Kier alpha value is -2.24. The number of esters is 1. The van der Waals surface area contributed by atoms with Crippen LogP contribution in [0.2, 0.25) is 0 Å². The number of hydrazine groups is 1. The number of aliphatic carboxylic acids is 2. The molecule has 0 unspecified atom stereocenters. The highest BCUT2D eigenvalue weighted by Gasteiger charge is 2.31. The molecule has 0 heterocycles. The first-order valence-corrected chi connectivity index (χ1v) is 7.68. The van der Waals surface area contributed by atoms with E-state index >= 15 is 0 Å². The van der Waals surface area contributed by atoms with Crippen LogP contribution in [0.5, 0.6) is 0 Å². The molecule has 0 saturated heterocycles. The molecule has 0 aromatic rings. The van der Waals surface area contributed by atoms with Gasteiger partial charge in [0.25, 0.3) is 0 Å². The zero-order valence-corrected chi connectivity index (χ0v) is 14.4. The highest BCUT2D eigenvalue weighted by atomic mass is 16.5. The van der Waals surface area contributed by atoms with Crippen LogP contribution in [0.25, 0.3) is 0 Å². The van der Waals surface area contributed by atoms with Gasteiger partial charge >= 0.3 is 17.9 Å². The van der Waals surface area contributed by atoms with Crippen LogP contribution in [0.15, 0.2) is 0 Å². The lowest BCUT2D eigenvalue weighted by Gasteiger charge is -2.25. The summed E-state index contributed by atoms with van der Waals surface area (Å²) in [6, 6.07) is -3.60. The lowest BCUT2D eigenvalue weighted by molar-refractivity contribution is -0.157. The van der Waals surface area contributed by atoms with Crippen molar-refractivity contribution in [1.82, 2.24) is 10.9 Å². The van der Waals surface area contributed by atoms with Crippen molar-refractivity contribution in [3.8, 4) is 0 Å². The second-order valence-corrected chi connectivity index (χ2v) is 5.91. The summed E-state index contributed by atoms with van der Waals surface area (Å²) in [4.78, 5) is 45.0. The minimum atomic E-state index is -1.43. The third-order valence-electron chi connectivity index (χ3n) is 3.42. The Morgan fingerprint density at radius 3 is 2.00 bits per heavy atom. The van der Waals surface area contributed by atoms with Gasteiger partial charge in [-0.2, -0.15) is 0 Å². The van der Waals surface area contributed by atoms with Gasteiger partial charge < -0.3 is 26.4 Å². The fraction of sp³-hybridized carbons (Fsp3) is 0.714. The van der Waals surface area contributed by atoms with Crippen molar-refractivity contribution in [2.24, 2.45) is 17.4 Å². The molecular formula is C14H26N4O7. The Morgan fingerprint density at radius 1 is 1.04 bits per heavy atom. The Labute approximate surface area is 145 Å². The van der Waals surface area contributed by atoms with E-state index < -0.39 is 48.0 Å². The number of hydrogen-bond donors (Lipinski definition) is 6. The minimum Gasteiger partial charge on any atom is -0.480 e. The van der Waals surface area contributed by atoms with Crippen molar-refractivity contribution in [3.63, 3.8) is 0 Å². The minimum absolute atomic E-state index is 0.142. The van der Waals surface area contributed by atoms with Gasteiger partial charge in [-0.25, -0.2) is 10.9 Å². The molecule has 0 aliphatic rings. The maximum absolute atomic E-state index is 11.8. The van der Waals surface area contributed by atoms with E-state index in [4.69, 9.17) is 21.3 Å². The van der Waals surface area contributed by atoms with Gasteiger partial charge in [0, 0.05) is 6.42 Å². The molecule has 4 atom stereocenters. The van der Waals surface area contributed by atoms with Crippen LogP contribution in [0, 0.1) is 5.92 Å². The van der Waals surface area contributed by atoms with Crippen LogP contribution >= 0.6 is 0 Å². The van der Waals surface area contributed by atoms with E-state index in [0.717, 1.165) is 0 Å². The first-order valence-electron chi connectivity index (χ1n) is 7.68. The predicted molar refractivity (Wildman–Crippen MR) is 85.9 cm³/mol. The number of amides is 1. The Morgan fingerprint density at radius 2 is 1.60 bits per heavy atom. The monoisotopic (exact) mass is 362 g/mol. The van der Waals surface area contributed by atoms with Crippen LogP contribution in [-0.2, 0) is 23.9 Å². The highest BCUT2D eigenvalue weighted by Crippen LogP contribution is 2.06. The van der Waals surface area contributed by atoms with Gasteiger partial charge in [-0.3, -0.25) is 19.2 Å². The molecule has 1 amide bonds. The molecule has 0 aromatic heterocycles. The van der Waals surface area contributed by atoms with Crippen molar-refractivity contribution >= 4 is 23.8 Å². The number of hydrogen-bond acceptors (Lipinski definition) is 8. The van der Waals surface area contributed by atoms with E-state index in [1.807, 2.05) is 0 Å². The fourth-order valence-corrected chi connectivity index (χ4v) is 1.72. The van der Waals surface area contributed by atoms with Gasteiger partial charge in [-0.05, 0) is 19.3 Å². The molecule has 0 radical (unpaired) electrons. The SMILES string of the molecule is CC(C)[C@H](N)C(=O)O[C@H](C)[C@H](NN[C@@H](CCC(N)=O)C(=O)O)C(=O)O. The summed E-state index contributed by atoms with van der Waals surface area (Å²) in [7, 11) is 0.